The lowest BCUT2D eigenvalue weighted by atomic mass is 10.1. The molecule has 96 valence electrons. The summed E-state index contributed by atoms with van der Waals surface area (Å²) in [5.41, 5.74) is 1.94. The number of pyridine rings is 2. The van der Waals surface area contributed by atoms with Crippen LogP contribution in [0, 0.1) is 0 Å². The highest BCUT2D eigenvalue weighted by atomic mass is 79.9. The van der Waals surface area contributed by atoms with Crippen molar-refractivity contribution in [1.29, 1.82) is 0 Å². The molecule has 0 spiro atoms. The number of fused-ring (bicyclic) bond motifs is 1. The SMILES string of the molecule is CC(Nc1nc2c(Br)cccn2n1)c1ccncc1. The fourth-order valence-electron chi connectivity index (χ4n) is 1.86. The van der Waals surface area contributed by atoms with Crippen molar-refractivity contribution >= 4 is 27.5 Å². The van der Waals surface area contributed by atoms with Gasteiger partial charge in [0.05, 0.1) is 10.5 Å². The topological polar surface area (TPSA) is 55.1 Å². The number of hydrogen-bond donors (Lipinski definition) is 1. The molecule has 3 rings (SSSR count). The van der Waals surface area contributed by atoms with Crippen molar-refractivity contribution in [3.63, 3.8) is 0 Å². The van der Waals surface area contributed by atoms with Crippen LogP contribution in [0.15, 0.2) is 47.3 Å². The molecule has 3 heterocycles. The summed E-state index contributed by atoms with van der Waals surface area (Å²) < 4.78 is 2.67. The van der Waals surface area contributed by atoms with Crippen molar-refractivity contribution in [2.45, 2.75) is 13.0 Å². The highest BCUT2D eigenvalue weighted by molar-refractivity contribution is 9.10. The fourth-order valence-corrected chi connectivity index (χ4v) is 2.29. The molecule has 3 aromatic rings. The van der Waals surface area contributed by atoms with Crippen molar-refractivity contribution in [3.8, 4) is 0 Å². The van der Waals surface area contributed by atoms with Crippen molar-refractivity contribution in [1.82, 2.24) is 19.6 Å². The third-order valence-electron chi connectivity index (χ3n) is 2.87. The van der Waals surface area contributed by atoms with Gasteiger partial charge >= 0.3 is 0 Å². The lowest BCUT2D eigenvalue weighted by molar-refractivity contribution is 0.850. The molecule has 0 bridgehead atoms. The Bertz CT molecular complexity index is 695. The minimum atomic E-state index is 0.124. The van der Waals surface area contributed by atoms with E-state index in [2.05, 4.69) is 43.2 Å². The van der Waals surface area contributed by atoms with Gasteiger partial charge in [0.2, 0.25) is 5.95 Å². The molecular formula is C13H12BrN5. The normalized spacial score (nSPS) is 12.5. The number of nitrogens with one attached hydrogen (secondary N) is 1. The van der Waals surface area contributed by atoms with E-state index in [1.54, 1.807) is 16.9 Å². The van der Waals surface area contributed by atoms with Gasteiger partial charge in [-0.1, -0.05) is 0 Å². The van der Waals surface area contributed by atoms with E-state index in [4.69, 9.17) is 0 Å². The maximum atomic E-state index is 4.46. The molecule has 0 saturated carbocycles. The van der Waals surface area contributed by atoms with Crippen LogP contribution in [0.1, 0.15) is 18.5 Å². The Kier molecular flexibility index (Phi) is 3.16. The highest BCUT2D eigenvalue weighted by Crippen LogP contribution is 2.20. The molecule has 0 aliphatic carbocycles. The van der Waals surface area contributed by atoms with Gasteiger partial charge in [-0.25, -0.2) is 4.52 Å². The second-order valence-electron chi connectivity index (χ2n) is 4.21. The molecule has 6 heteroatoms. The third-order valence-corrected chi connectivity index (χ3v) is 3.49. The average molecular weight is 318 g/mol. The van der Waals surface area contributed by atoms with Gasteiger partial charge in [0.15, 0.2) is 5.65 Å². The molecule has 0 radical (unpaired) electrons. The standard InChI is InChI=1S/C13H12BrN5/c1-9(10-4-6-15-7-5-10)16-13-17-12-11(14)3-2-8-19(12)18-13/h2-9H,1H3,(H,16,18). The number of rotatable bonds is 3. The first kappa shape index (κ1) is 12.1. The van der Waals surface area contributed by atoms with Crippen LogP contribution < -0.4 is 5.32 Å². The van der Waals surface area contributed by atoms with Crippen LogP contribution in [-0.4, -0.2) is 19.6 Å². The van der Waals surface area contributed by atoms with Crippen molar-refractivity contribution in [2.24, 2.45) is 0 Å². The summed E-state index contributed by atoms with van der Waals surface area (Å²) in [6, 6.07) is 7.94. The predicted molar refractivity (Wildman–Crippen MR) is 77.0 cm³/mol. The van der Waals surface area contributed by atoms with Gasteiger partial charge in [-0.2, -0.15) is 4.98 Å². The Balaban J connectivity index is 1.88. The lowest BCUT2D eigenvalue weighted by Crippen LogP contribution is -2.07. The van der Waals surface area contributed by atoms with Crippen molar-refractivity contribution in [2.75, 3.05) is 5.32 Å². The van der Waals surface area contributed by atoms with E-state index in [-0.39, 0.29) is 6.04 Å². The summed E-state index contributed by atoms with van der Waals surface area (Å²) >= 11 is 3.46. The van der Waals surface area contributed by atoms with E-state index < -0.39 is 0 Å². The molecule has 0 fully saturated rings. The zero-order valence-corrected chi connectivity index (χ0v) is 11.9. The van der Waals surface area contributed by atoms with Crippen LogP contribution in [0.3, 0.4) is 0 Å². The smallest absolute Gasteiger partial charge is 0.243 e. The molecule has 3 aromatic heterocycles. The molecule has 1 N–H and O–H groups in total. The van der Waals surface area contributed by atoms with Gasteiger partial charge in [-0.15, -0.1) is 5.10 Å². The van der Waals surface area contributed by atoms with Gasteiger partial charge in [-0.05, 0) is 52.7 Å². The summed E-state index contributed by atoms with van der Waals surface area (Å²) in [4.78, 5) is 8.47. The molecule has 1 unspecified atom stereocenters. The molecule has 0 amide bonds. The summed E-state index contributed by atoms with van der Waals surface area (Å²) in [5, 5.41) is 7.67. The Morgan fingerprint density at radius 3 is 2.79 bits per heavy atom. The van der Waals surface area contributed by atoms with Gasteiger partial charge in [0, 0.05) is 18.6 Å². The number of anilines is 1. The summed E-state index contributed by atoms with van der Waals surface area (Å²) in [6.45, 7) is 2.07. The number of aromatic nitrogens is 4. The summed E-state index contributed by atoms with van der Waals surface area (Å²) in [6.07, 6.45) is 5.43. The van der Waals surface area contributed by atoms with E-state index >= 15 is 0 Å². The quantitative estimate of drug-likeness (QED) is 0.806. The maximum absolute atomic E-state index is 4.46. The monoisotopic (exact) mass is 317 g/mol. The second-order valence-corrected chi connectivity index (χ2v) is 5.06. The Hall–Kier alpha value is -1.95. The van der Waals surface area contributed by atoms with Crippen LogP contribution in [0.2, 0.25) is 0 Å². The lowest BCUT2D eigenvalue weighted by Gasteiger charge is -2.11. The van der Waals surface area contributed by atoms with Crippen molar-refractivity contribution < 1.29 is 0 Å². The predicted octanol–water partition coefficient (Wildman–Crippen LogP) is 3.06. The van der Waals surface area contributed by atoms with E-state index in [0.29, 0.717) is 5.95 Å². The van der Waals surface area contributed by atoms with Gasteiger partial charge in [0.25, 0.3) is 0 Å². The first-order valence-electron chi connectivity index (χ1n) is 5.91. The minimum absolute atomic E-state index is 0.124. The number of hydrogen-bond acceptors (Lipinski definition) is 4. The maximum Gasteiger partial charge on any atom is 0.243 e. The first-order valence-corrected chi connectivity index (χ1v) is 6.71. The van der Waals surface area contributed by atoms with Crippen LogP contribution >= 0.6 is 15.9 Å². The van der Waals surface area contributed by atoms with E-state index in [1.807, 2.05) is 30.5 Å². The molecule has 1 atom stereocenters. The van der Waals surface area contributed by atoms with E-state index in [0.717, 1.165) is 15.7 Å². The molecule has 0 aliphatic heterocycles. The average Bonchev–Trinajstić information content (AvgIpc) is 2.84. The molecule has 19 heavy (non-hydrogen) atoms. The van der Waals surface area contributed by atoms with Crippen molar-refractivity contribution in [3.05, 3.63) is 52.9 Å². The van der Waals surface area contributed by atoms with Gasteiger partial charge < -0.3 is 5.32 Å². The van der Waals surface area contributed by atoms with Crippen LogP contribution in [-0.2, 0) is 0 Å². The van der Waals surface area contributed by atoms with Crippen LogP contribution in [0.5, 0.6) is 0 Å². The zero-order chi connectivity index (χ0) is 13.2. The van der Waals surface area contributed by atoms with Gasteiger partial charge in [-0.3, -0.25) is 4.98 Å². The fraction of sp³-hybridized carbons (Fsp3) is 0.154. The largest absolute Gasteiger partial charge is 0.346 e. The minimum Gasteiger partial charge on any atom is -0.346 e. The molecule has 0 aromatic carbocycles. The number of nitrogens with zero attached hydrogens (tertiary/aromatic N) is 4. The second kappa shape index (κ2) is 4.97. The summed E-state index contributed by atoms with van der Waals surface area (Å²) in [7, 11) is 0. The number of halogens is 1. The molecule has 5 nitrogen and oxygen atoms in total. The Labute approximate surface area is 118 Å². The first-order chi connectivity index (χ1) is 9.24. The third kappa shape index (κ3) is 2.44. The Morgan fingerprint density at radius 1 is 1.26 bits per heavy atom. The molecule has 0 saturated heterocycles. The van der Waals surface area contributed by atoms with Crippen LogP contribution in [0.25, 0.3) is 5.65 Å². The van der Waals surface area contributed by atoms with Gasteiger partial charge in [0.1, 0.15) is 0 Å². The highest BCUT2D eigenvalue weighted by Gasteiger charge is 2.10. The molecule has 0 aliphatic rings. The summed E-state index contributed by atoms with van der Waals surface area (Å²) in [5.74, 6) is 0.608. The van der Waals surface area contributed by atoms with E-state index in [1.165, 1.54) is 0 Å². The zero-order valence-electron chi connectivity index (χ0n) is 10.3. The molecular weight excluding hydrogens is 306 g/mol. The van der Waals surface area contributed by atoms with Crippen LogP contribution in [0.4, 0.5) is 5.95 Å². The van der Waals surface area contributed by atoms with E-state index in [9.17, 15) is 0 Å². The Morgan fingerprint density at radius 2 is 2.05 bits per heavy atom.